The maximum Gasteiger partial charge on any atom is 0.350 e. The first-order chi connectivity index (χ1) is 15.9. The Labute approximate surface area is 199 Å². The van der Waals surface area contributed by atoms with Crippen molar-refractivity contribution < 1.29 is 14.3 Å². The Balaban J connectivity index is 1.43. The van der Waals surface area contributed by atoms with Gasteiger partial charge in [-0.3, -0.25) is 9.20 Å². The molecule has 0 atom stereocenters. The minimum Gasteiger partial charge on any atom is -0.457 e. The van der Waals surface area contributed by atoms with Gasteiger partial charge in [-0.2, -0.15) is 0 Å². The molecule has 1 amide bonds. The van der Waals surface area contributed by atoms with E-state index in [1.165, 1.54) is 17.8 Å². The Hall–Kier alpha value is -3.24. The Bertz CT molecular complexity index is 1380. The number of anilines is 1. The number of aryl methyl sites for hydroxylation is 3. The van der Waals surface area contributed by atoms with Crippen molar-refractivity contribution in [3.05, 3.63) is 58.6 Å². The molecule has 0 spiro atoms. The second-order valence-electron chi connectivity index (χ2n) is 7.44. The number of nitrogens with zero attached hydrogens (tertiary/aromatic N) is 4. The number of thiazole rings is 1. The van der Waals surface area contributed by atoms with Crippen molar-refractivity contribution in [3.8, 4) is 0 Å². The first-order valence-corrected chi connectivity index (χ1v) is 12.1. The molecular formula is C23H23N5O3S2. The molecular weight excluding hydrogens is 458 g/mol. The number of hydrogen-bond acceptors (Lipinski definition) is 8. The Morgan fingerprint density at radius 1 is 1.24 bits per heavy atom. The first-order valence-electron chi connectivity index (χ1n) is 10.3. The fraction of sp³-hybridized carbons (Fsp3) is 0.261. The Kier molecular flexibility index (Phi) is 6.75. The average molecular weight is 482 g/mol. The number of benzene rings is 1. The topological polar surface area (TPSA) is 98.5 Å². The predicted molar refractivity (Wildman–Crippen MR) is 131 cm³/mol. The normalized spacial score (nSPS) is 11.1. The van der Waals surface area contributed by atoms with E-state index in [2.05, 4.69) is 53.1 Å². The third-order valence-corrected chi connectivity index (χ3v) is 6.99. The second kappa shape index (κ2) is 9.72. The molecule has 3 aromatic heterocycles. The van der Waals surface area contributed by atoms with Gasteiger partial charge in [0.05, 0.1) is 11.2 Å². The van der Waals surface area contributed by atoms with Gasteiger partial charge in [0.2, 0.25) is 5.91 Å². The van der Waals surface area contributed by atoms with Crippen LogP contribution in [0.15, 0.2) is 42.1 Å². The minimum atomic E-state index is -0.475. The fourth-order valence-electron chi connectivity index (χ4n) is 3.48. The van der Waals surface area contributed by atoms with Crippen LogP contribution in [0.4, 0.5) is 5.13 Å². The number of pyridine rings is 1. The standard InChI is InChI=1S/C23H23N5O3S2/c1-5-10-31-21(30)20-15(4)24-22(33-20)25-18(29)9-11-32-23-27-26-17-12-14(3)16-8-6-7-13(2)19(16)28(17)23/h5-8,12H,1,9-11H2,2-4H3,(H,24,25,29). The number of para-hydroxylation sites is 1. The molecule has 170 valence electrons. The molecule has 1 aromatic carbocycles. The van der Waals surface area contributed by atoms with Crippen LogP contribution in [-0.4, -0.2) is 43.8 Å². The van der Waals surface area contributed by atoms with Crippen molar-refractivity contribution in [1.29, 1.82) is 0 Å². The molecule has 0 radical (unpaired) electrons. The van der Waals surface area contributed by atoms with Crippen LogP contribution in [0.25, 0.3) is 16.6 Å². The summed E-state index contributed by atoms with van der Waals surface area (Å²) in [5.41, 5.74) is 4.68. The third-order valence-electron chi connectivity index (χ3n) is 5.01. The van der Waals surface area contributed by atoms with E-state index in [9.17, 15) is 9.59 Å². The van der Waals surface area contributed by atoms with Crippen molar-refractivity contribution in [2.45, 2.75) is 32.3 Å². The van der Waals surface area contributed by atoms with Gasteiger partial charge in [0.15, 0.2) is 15.9 Å². The smallest absolute Gasteiger partial charge is 0.350 e. The highest BCUT2D eigenvalue weighted by atomic mass is 32.2. The minimum absolute atomic E-state index is 0.126. The van der Waals surface area contributed by atoms with Gasteiger partial charge in [-0.15, -0.1) is 10.2 Å². The highest BCUT2D eigenvalue weighted by Gasteiger charge is 2.18. The van der Waals surface area contributed by atoms with E-state index in [1.54, 1.807) is 6.92 Å². The van der Waals surface area contributed by atoms with Crippen LogP contribution in [0, 0.1) is 20.8 Å². The van der Waals surface area contributed by atoms with E-state index in [4.69, 9.17) is 4.74 Å². The van der Waals surface area contributed by atoms with Crippen LogP contribution in [0.3, 0.4) is 0 Å². The third kappa shape index (κ3) is 4.76. The van der Waals surface area contributed by atoms with Crippen LogP contribution in [0.2, 0.25) is 0 Å². The molecule has 0 aliphatic carbocycles. The van der Waals surface area contributed by atoms with Crippen LogP contribution in [0.5, 0.6) is 0 Å². The molecule has 1 N–H and O–H groups in total. The van der Waals surface area contributed by atoms with Gasteiger partial charge in [0.25, 0.3) is 0 Å². The largest absolute Gasteiger partial charge is 0.457 e. The SMILES string of the molecule is C=CCOC(=O)c1sc(NC(=O)CCSc2nnc3cc(C)c4cccc(C)c4n23)nc1C. The van der Waals surface area contributed by atoms with E-state index in [1.807, 2.05) is 16.5 Å². The molecule has 10 heteroatoms. The van der Waals surface area contributed by atoms with Crippen molar-refractivity contribution in [1.82, 2.24) is 19.6 Å². The van der Waals surface area contributed by atoms with Gasteiger partial charge >= 0.3 is 5.97 Å². The molecule has 0 aliphatic heterocycles. The van der Waals surface area contributed by atoms with E-state index >= 15 is 0 Å². The van der Waals surface area contributed by atoms with Gasteiger partial charge in [0.1, 0.15) is 11.5 Å². The lowest BCUT2D eigenvalue weighted by molar-refractivity contribution is -0.115. The average Bonchev–Trinajstić information content (AvgIpc) is 3.35. The van der Waals surface area contributed by atoms with E-state index in [0.29, 0.717) is 21.5 Å². The van der Waals surface area contributed by atoms with E-state index in [-0.39, 0.29) is 18.9 Å². The molecule has 0 aliphatic rings. The van der Waals surface area contributed by atoms with Gasteiger partial charge in [-0.25, -0.2) is 9.78 Å². The first kappa shape index (κ1) is 22.9. The van der Waals surface area contributed by atoms with Crippen LogP contribution >= 0.6 is 23.1 Å². The number of nitrogens with one attached hydrogen (secondary N) is 1. The number of carbonyl (C=O) groups is 2. The van der Waals surface area contributed by atoms with E-state index in [0.717, 1.165) is 44.2 Å². The summed E-state index contributed by atoms with van der Waals surface area (Å²) in [5, 5.41) is 13.7. The number of amides is 1. The van der Waals surface area contributed by atoms with Gasteiger partial charge in [-0.05, 0) is 38.0 Å². The molecule has 4 rings (SSSR count). The summed E-state index contributed by atoms with van der Waals surface area (Å²) in [6, 6.07) is 8.23. The van der Waals surface area contributed by atoms with Crippen molar-refractivity contribution in [2.24, 2.45) is 0 Å². The number of esters is 1. The van der Waals surface area contributed by atoms with Crippen LogP contribution < -0.4 is 5.32 Å². The molecule has 0 fully saturated rings. The zero-order valence-corrected chi connectivity index (χ0v) is 20.2. The molecule has 8 nitrogen and oxygen atoms in total. The number of hydrogen-bond donors (Lipinski definition) is 1. The summed E-state index contributed by atoms with van der Waals surface area (Å²) in [5.74, 6) is -0.141. The summed E-state index contributed by atoms with van der Waals surface area (Å²) in [4.78, 5) is 29.1. The van der Waals surface area contributed by atoms with Crippen molar-refractivity contribution in [2.75, 3.05) is 17.7 Å². The predicted octanol–water partition coefficient (Wildman–Crippen LogP) is 4.73. The lowest BCUT2D eigenvalue weighted by Gasteiger charge is -2.10. The lowest BCUT2D eigenvalue weighted by Crippen LogP contribution is -2.12. The van der Waals surface area contributed by atoms with Crippen molar-refractivity contribution >= 4 is 56.7 Å². The second-order valence-corrected chi connectivity index (χ2v) is 9.50. The summed E-state index contributed by atoms with van der Waals surface area (Å²) >= 11 is 2.57. The fourth-order valence-corrected chi connectivity index (χ4v) is 5.24. The van der Waals surface area contributed by atoms with Gasteiger partial charge < -0.3 is 10.1 Å². The molecule has 0 saturated carbocycles. The van der Waals surface area contributed by atoms with Crippen molar-refractivity contribution in [3.63, 3.8) is 0 Å². The van der Waals surface area contributed by atoms with Gasteiger partial charge in [0, 0.05) is 17.6 Å². The molecule has 4 aromatic rings. The molecule has 0 unspecified atom stereocenters. The number of carbonyl (C=O) groups excluding carboxylic acids is 2. The molecule has 33 heavy (non-hydrogen) atoms. The summed E-state index contributed by atoms with van der Waals surface area (Å²) in [6.45, 7) is 9.49. The number of rotatable bonds is 8. The highest BCUT2D eigenvalue weighted by molar-refractivity contribution is 7.99. The van der Waals surface area contributed by atoms with E-state index < -0.39 is 5.97 Å². The number of ether oxygens (including phenoxy) is 1. The number of aromatic nitrogens is 4. The Morgan fingerprint density at radius 2 is 2.06 bits per heavy atom. The zero-order valence-electron chi connectivity index (χ0n) is 18.5. The maximum absolute atomic E-state index is 12.4. The van der Waals surface area contributed by atoms with Crippen LogP contribution in [-0.2, 0) is 9.53 Å². The summed E-state index contributed by atoms with van der Waals surface area (Å²) < 4.78 is 7.09. The molecule has 0 bridgehead atoms. The maximum atomic E-state index is 12.4. The Morgan fingerprint density at radius 3 is 2.85 bits per heavy atom. The molecule has 0 saturated heterocycles. The quantitative estimate of drug-likeness (QED) is 0.221. The lowest BCUT2D eigenvalue weighted by atomic mass is 10.1. The summed E-state index contributed by atoms with van der Waals surface area (Å²) in [6.07, 6.45) is 1.76. The van der Waals surface area contributed by atoms with Gasteiger partial charge in [-0.1, -0.05) is 54.0 Å². The monoisotopic (exact) mass is 481 g/mol. The number of fused-ring (bicyclic) bond motifs is 3. The highest BCUT2D eigenvalue weighted by Crippen LogP contribution is 2.28. The summed E-state index contributed by atoms with van der Waals surface area (Å²) in [7, 11) is 0. The zero-order chi connectivity index (χ0) is 23.5. The number of thioether (sulfide) groups is 1. The molecule has 3 heterocycles. The van der Waals surface area contributed by atoms with Crippen LogP contribution in [0.1, 0.15) is 32.9 Å².